The lowest BCUT2D eigenvalue weighted by Gasteiger charge is -2.05. The van der Waals surface area contributed by atoms with Gasteiger partial charge in [-0.15, -0.1) is 0 Å². The van der Waals surface area contributed by atoms with Crippen LogP contribution < -0.4 is 0 Å². The quantitative estimate of drug-likeness (QED) is 0.754. The predicted molar refractivity (Wildman–Crippen MR) is 65.7 cm³/mol. The van der Waals surface area contributed by atoms with E-state index >= 15 is 0 Å². The number of carbonyl (C=O) groups is 1. The van der Waals surface area contributed by atoms with Crippen LogP contribution in [0.2, 0.25) is 0 Å². The smallest absolute Gasteiger partial charge is 0.152 e. The van der Waals surface area contributed by atoms with E-state index in [1.54, 1.807) is 4.68 Å². The number of rotatable bonds is 3. The molecule has 0 aliphatic heterocycles. The minimum absolute atomic E-state index is 0.640. The standard InChI is InChI=1S/C14H14N2O/c1-10-2-5-14(12(8-10)9-17)16-7-6-13(15-16)11-3-4-11/h2,5-9,11H,3-4H2,1H3. The molecule has 3 rings (SSSR count). The van der Waals surface area contributed by atoms with Crippen LogP contribution in [0.5, 0.6) is 0 Å². The molecule has 3 nitrogen and oxygen atoms in total. The molecule has 0 N–H and O–H groups in total. The van der Waals surface area contributed by atoms with Crippen molar-refractivity contribution >= 4 is 6.29 Å². The molecule has 0 saturated heterocycles. The minimum Gasteiger partial charge on any atom is -0.298 e. The zero-order valence-electron chi connectivity index (χ0n) is 9.76. The summed E-state index contributed by atoms with van der Waals surface area (Å²) in [4.78, 5) is 11.1. The average Bonchev–Trinajstić information content (AvgIpc) is 3.08. The second-order valence-corrected chi connectivity index (χ2v) is 4.64. The Bertz CT molecular complexity index is 567. The first-order valence-electron chi connectivity index (χ1n) is 5.90. The highest BCUT2D eigenvalue weighted by Gasteiger charge is 2.26. The molecule has 0 bridgehead atoms. The van der Waals surface area contributed by atoms with Crippen LogP contribution in [0.1, 0.15) is 40.4 Å². The lowest BCUT2D eigenvalue weighted by Crippen LogP contribution is -2.00. The Kier molecular flexibility index (Phi) is 2.32. The van der Waals surface area contributed by atoms with Gasteiger partial charge in [-0.25, -0.2) is 4.68 Å². The van der Waals surface area contributed by atoms with Gasteiger partial charge in [0, 0.05) is 17.7 Å². The molecule has 0 spiro atoms. The summed E-state index contributed by atoms with van der Waals surface area (Å²) in [7, 11) is 0. The van der Waals surface area contributed by atoms with Gasteiger partial charge >= 0.3 is 0 Å². The fourth-order valence-corrected chi connectivity index (χ4v) is 2.05. The van der Waals surface area contributed by atoms with Crippen molar-refractivity contribution in [2.45, 2.75) is 25.7 Å². The van der Waals surface area contributed by atoms with E-state index in [2.05, 4.69) is 5.10 Å². The van der Waals surface area contributed by atoms with Gasteiger partial charge in [0.1, 0.15) is 0 Å². The van der Waals surface area contributed by atoms with E-state index in [9.17, 15) is 4.79 Å². The van der Waals surface area contributed by atoms with Crippen LogP contribution in [-0.2, 0) is 0 Å². The van der Waals surface area contributed by atoms with Gasteiger partial charge in [-0.2, -0.15) is 5.10 Å². The molecule has 1 aromatic carbocycles. The molecule has 1 aliphatic carbocycles. The zero-order valence-corrected chi connectivity index (χ0v) is 9.76. The Morgan fingerprint density at radius 2 is 2.18 bits per heavy atom. The lowest BCUT2D eigenvalue weighted by atomic mass is 10.1. The van der Waals surface area contributed by atoms with E-state index in [0.717, 1.165) is 23.2 Å². The molecule has 1 aliphatic rings. The van der Waals surface area contributed by atoms with Gasteiger partial charge in [-0.1, -0.05) is 11.6 Å². The van der Waals surface area contributed by atoms with Crippen molar-refractivity contribution in [2.24, 2.45) is 0 Å². The van der Waals surface area contributed by atoms with Crippen molar-refractivity contribution in [2.75, 3.05) is 0 Å². The number of benzene rings is 1. The van der Waals surface area contributed by atoms with E-state index in [4.69, 9.17) is 0 Å². The fourth-order valence-electron chi connectivity index (χ4n) is 2.05. The molecule has 0 atom stereocenters. The van der Waals surface area contributed by atoms with E-state index in [1.165, 1.54) is 12.8 Å². The first-order chi connectivity index (χ1) is 8.28. The summed E-state index contributed by atoms with van der Waals surface area (Å²) in [6, 6.07) is 7.89. The number of carbonyl (C=O) groups excluding carboxylic acids is 1. The van der Waals surface area contributed by atoms with E-state index in [1.807, 2.05) is 37.4 Å². The Morgan fingerprint density at radius 1 is 1.35 bits per heavy atom. The van der Waals surface area contributed by atoms with Crippen molar-refractivity contribution in [1.82, 2.24) is 9.78 Å². The average molecular weight is 226 g/mol. The number of aromatic nitrogens is 2. The summed E-state index contributed by atoms with van der Waals surface area (Å²) < 4.78 is 1.80. The molecule has 86 valence electrons. The first-order valence-corrected chi connectivity index (χ1v) is 5.90. The summed E-state index contributed by atoms with van der Waals surface area (Å²) >= 11 is 0. The van der Waals surface area contributed by atoms with Crippen molar-refractivity contribution < 1.29 is 4.79 Å². The summed E-state index contributed by atoms with van der Waals surface area (Å²) in [5.74, 6) is 0.640. The number of nitrogens with zero attached hydrogens (tertiary/aromatic N) is 2. The van der Waals surface area contributed by atoms with Gasteiger partial charge < -0.3 is 0 Å². The third-order valence-electron chi connectivity index (χ3n) is 3.16. The monoisotopic (exact) mass is 226 g/mol. The summed E-state index contributed by atoms with van der Waals surface area (Å²) in [5, 5.41) is 4.54. The Labute approximate surface area is 100 Å². The first kappa shape index (κ1) is 10.3. The highest BCUT2D eigenvalue weighted by Crippen LogP contribution is 2.39. The maximum absolute atomic E-state index is 11.1. The molecule has 2 aromatic rings. The van der Waals surface area contributed by atoms with Crippen LogP contribution >= 0.6 is 0 Å². The molecule has 1 fully saturated rings. The van der Waals surface area contributed by atoms with E-state index < -0.39 is 0 Å². The van der Waals surface area contributed by atoms with Crippen molar-refractivity contribution in [3.05, 3.63) is 47.3 Å². The fraction of sp³-hybridized carbons (Fsp3) is 0.286. The molecule has 0 amide bonds. The summed E-state index contributed by atoms with van der Waals surface area (Å²) in [6.45, 7) is 1.98. The molecule has 17 heavy (non-hydrogen) atoms. The Balaban J connectivity index is 2.03. The van der Waals surface area contributed by atoms with Crippen molar-refractivity contribution in [3.63, 3.8) is 0 Å². The summed E-state index contributed by atoms with van der Waals surface area (Å²) in [6.07, 6.45) is 5.31. The Morgan fingerprint density at radius 3 is 2.88 bits per heavy atom. The minimum atomic E-state index is 0.640. The van der Waals surface area contributed by atoms with E-state index in [0.29, 0.717) is 11.5 Å². The highest BCUT2D eigenvalue weighted by atomic mass is 16.1. The molecule has 0 radical (unpaired) electrons. The number of hydrogen-bond acceptors (Lipinski definition) is 2. The molecule has 1 saturated carbocycles. The van der Waals surface area contributed by atoms with Crippen LogP contribution in [0.25, 0.3) is 5.69 Å². The normalized spacial score (nSPS) is 14.9. The second-order valence-electron chi connectivity index (χ2n) is 4.64. The van der Waals surface area contributed by atoms with Crippen molar-refractivity contribution in [1.29, 1.82) is 0 Å². The van der Waals surface area contributed by atoms with Gasteiger partial charge in [0.05, 0.1) is 11.4 Å². The second kappa shape index (κ2) is 3.84. The molecular weight excluding hydrogens is 212 g/mol. The molecule has 3 heteroatoms. The maximum atomic E-state index is 11.1. The SMILES string of the molecule is Cc1ccc(-n2ccc(C3CC3)n2)c(C=O)c1. The number of aryl methyl sites for hydroxylation is 1. The van der Waals surface area contributed by atoms with Gasteiger partial charge in [0.25, 0.3) is 0 Å². The molecule has 1 aromatic heterocycles. The third-order valence-corrected chi connectivity index (χ3v) is 3.16. The van der Waals surface area contributed by atoms with Crippen LogP contribution in [0.15, 0.2) is 30.5 Å². The topological polar surface area (TPSA) is 34.9 Å². The van der Waals surface area contributed by atoms with Crippen LogP contribution in [0, 0.1) is 6.92 Å². The third kappa shape index (κ3) is 1.88. The molecular formula is C14H14N2O. The predicted octanol–water partition coefficient (Wildman–Crippen LogP) is 2.87. The van der Waals surface area contributed by atoms with Crippen LogP contribution in [0.3, 0.4) is 0 Å². The van der Waals surface area contributed by atoms with Crippen LogP contribution in [0.4, 0.5) is 0 Å². The van der Waals surface area contributed by atoms with E-state index in [-0.39, 0.29) is 0 Å². The maximum Gasteiger partial charge on any atom is 0.152 e. The van der Waals surface area contributed by atoms with Gasteiger partial charge in [-0.3, -0.25) is 4.79 Å². The molecule has 0 unspecified atom stereocenters. The summed E-state index contributed by atoms with van der Waals surface area (Å²) in [5.41, 5.74) is 3.78. The van der Waals surface area contributed by atoms with Crippen LogP contribution in [-0.4, -0.2) is 16.1 Å². The lowest BCUT2D eigenvalue weighted by molar-refractivity contribution is 0.112. The van der Waals surface area contributed by atoms with Gasteiger partial charge in [0.15, 0.2) is 6.29 Å². The van der Waals surface area contributed by atoms with Gasteiger partial charge in [-0.05, 0) is 38.0 Å². The van der Waals surface area contributed by atoms with Crippen molar-refractivity contribution in [3.8, 4) is 5.69 Å². The largest absolute Gasteiger partial charge is 0.298 e. The highest BCUT2D eigenvalue weighted by molar-refractivity contribution is 5.81. The molecule has 1 heterocycles. The number of aldehydes is 1. The van der Waals surface area contributed by atoms with Gasteiger partial charge in [0.2, 0.25) is 0 Å². The Hall–Kier alpha value is -1.90. The number of hydrogen-bond donors (Lipinski definition) is 0. The zero-order chi connectivity index (χ0) is 11.8.